The van der Waals surface area contributed by atoms with Gasteiger partial charge in [0.15, 0.2) is 12.3 Å². The Morgan fingerprint density at radius 3 is 2.62 bits per heavy atom. The third-order valence-electron chi connectivity index (χ3n) is 4.05. The number of hydrogen-bond donors (Lipinski definition) is 1. The maximum absolute atomic E-state index is 12.2. The number of esters is 1. The monoisotopic (exact) mass is 395 g/mol. The number of carbonyl (C=O) groups is 2. The van der Waals surface area contributed by atoms with Gasteiger partial charge in [-0.15, -0.1) is 0 Å². The molecule has 3 rings (SSSR count). The molecule has 0 unspecified atom stereocenters. The zero-order valence-corrected chi connectivity index (χ0v) is 16.0. The Hall–Kier alpha value is -3.61. The number of unbranched alkanes of at least 4 members (excludes halogenated alkanes) is 1. The number of aliphatic imine (C=N–C) groups is 1. The van der Waals surface area contributed by atoms with Gasteiger partial charge in [-0.05, 0) is 42.8 Å². The highest BCUT2D eigenvalue weighted by Gasteiger charge is 2.24. The predicted octanol–water partition coefficient (Wildman–Crippen LogP) is 3.67. The van der Waals surface area contributed by atoms with Crippen LogP contribution in [-0.4, -0.2) is 36.2 Å². The lowest BCUT2D eigenvalue weighted by Crippen LogP contribution is -2.10. The van der Waals surface area contributed by atoms with E-state index >= 15 is 0 Å². The lowest BCUT2D eigenvalue weighted by Gasteiger charge is -2.06. The molecule has 150 valence electrons. The van der Waals surface area contributed by atoms with Gasteiger partial charge in [-0.2, -0.15) is 0 Å². The maximum Gasteiger partial charge on any atom is 0.363 e. The first kappa shape index (κ1) is 20.1. The second kappa shape index (κ2) is 9.54. The van der Waals surface area contributed by atoms with E-state index in [2.05, 4.69) is 11.9 Å². The van der Waals surface area contributed by atoms with Crippen LogP contribution in [0.15, 0.2) is 59.2 Å². The quantitative estimate of drug-likeness (QED) is 0.395. The fraction of sp³-hybridized carbons (Fsp3) is 0.227. The molecular formula is C22H21NO6. The minimum absolute atomic E-state index is 0.106. The van der Waals surface area contributed by atoms with Gasteiger partial charge in [-0.25, -0.2) is 14.6 Å². The molecule has 7 nitrogen and oxygen atoms in total. The smallest absolute Gasteiger partial charge is 0.363 e. The SMILES string of the molecule is CCCCOc1ccc(C2=N/C(=C\c3ccccc3OCC(=O)O)C(=O)O2)cc1. The number of carbonyl (C=O) groups excluding carboxylic acids is 1. The molecule has 1 aliphatic rings. The fourth-order valence-corrected chi connectivity index (χ4v) is 2.58. The lowest BCUT2D eigenvalue weighted by atomic mass is 10.1. The minimum Gasteiger partial charge on any atom is -0.494 e. The van der Waals surface area contributed by atoms with Crippen LogP contribution >= 0.6 is 0 Å². The Bertz CT molecular complexity index is 946. The molecular weight excluding hydrogens is 374 g/mol. The number of benzene rings is 2. The predicted molar refractivity (Wildman–Crippen MR) is 107 cm³/mol. The van der Waals surface area contributed by atoms with Crippen molar-refractivity contribution in [1.82, 2.24) is 0 Å². The number of aliphatic carboxylic acids is 1. The van der Waals surface area contributed by atoms with E-state index in [0.717, 1.165) is 18.6 Å². The highest BCUT2D eigenvalue weighted by atomic mass is 16.6. The summed E-state index contributed by atoms with van der Waals surface area (Å²) in [5.41, 5.74) is 1.29. The first-order chi connectivity index (χ1) is 14.1. The standard InChI is InChI=1S/C22H21NO6/c1-2-3-12-27-17-10-8-15(9-11-17)21-23-18(22(26)29-21)13-16-6-4-5-7-19(16)28-14-20(24)25/h4-11,13H,2-3,12,14H2,1H3,(H,24,25)/b18-13-. The number of rotatable bonds is 9. The third kappa shape index (κ3) is 5.44. The van der Waals surface area contributed by atoms with Crippen LogP contribution in [0, 0.1) is 0 Å². The van der Waals surface area contributed by atoms with Gasteiger partial charge in [0, 0.05) is 11.1 Å². The molecule has 0 atom stereocenters. The van der Waals surface area contributed by atoms with Crippen molar-refractivity contribution in [3.8, 4) is 11.5 Å². The second-order valence-corrected chi connectivity index (χ2v) is 6.28. The van der Waals surface area contributed by atoms with Crippen LogP contribution in [0.3, 0.4) is 0 Å². The summed E-state index contributed by atoms with van der Waals surface area (Å²) < 4.78 is 16.1. The van der Waals surface area contributed by atoms with Crippen molar-refractivity contribution < 1.29 is 28.9 Å². The van der Waals surface area contributed by atoms with E-state index < -0.39 is 18.5 Å². The first-order valence-electron chi connectivity index (χ1n) is 9.26. The molecule has 0 fully saturated rings. The van der Waals surface area contributed by atoms with Crippen LogP contribution in [-0.2, 0) is 14.3 Å². The molecule has 2 aromatic rings. The minimum atomic E-state index is -1.09. The van der Waals surface area contributed by atoms with E-state index in [-0.39, 0.29) is 11.6 Å². The van der Waals surface area contributed by atoms with E-state index in [9.17, 15) is 9.59 Å². The van der Waals surface area contributed by atoms with Crippen LogP contribution in [0.5, 0.6) is 11.5 Å². The zero-order chi connectivity index (χ0) is 20.6. The highest BCUT2D eigenvalue weighted by Crippen LogP contribution is 2.25. The molecule has 29 heavy (non-hydrogen) atoms. The van der Waals surface area contributed by atoms with Crippen LogP contribution < -0.4 is 9.47 Å². The number of ether oxygens (including phenoxy) is 3. The largest absolute Gasteiger partial charge is 0.494 e. The Labute approximate surface area is 168 Å². The molecule has 2 aromatic carbocycles. The summed E-state index contributed by atoms with van der Waals surface area (Å²) in [6.45, 7) is 2.27. The number of hydrogen-bond acceptors (Lipinski definition) is 6. The molecule has 1 aliphatic heterocycles. The van der Waals surface area contributed by atoms with E-state index in [1.54, 1.807) is 48.5 Å². The molecule has 0 saturated heterocycles. The molecule has 7 heteroatoms. The van der Waals surface area contributed by atoms with Crippen molar-refractivity contribution in [2.75, 3.05) is 13.2 Å². The van der Waals surface area contributed by atoms with E-state index in [0.29, 0.717) is 23.5 Å². The van der Waals surface area contributed by atoms with Gasteiger partial charge in [0.1, 0.15) is 11.5 Å². The van der Waals surface area contributed by atoms with Gasteiger partial charge in [0.25, 0.3) is 0 Å². The average Bonchev–Trinajstić information content (AvgIpc) is 3.08. The molecule has 0 aliphatic carbocycles. The van der Waals surface area contributed by atoms with Gasteiger partial charge in [0.05, 0.1) is 6.61 Å². The maximum atomic E-state index is 12.2. The van der Waals surface area contributed by atoms with Gasteiger partial charge in [-0.3, -0.25) is 0 Å². The van der Waals surface area contributed by atoms with Gasteiger partial charge >= 0.3 is 11.9 Å². The summed E-state index contributed by atoms with van der Waals surface area (Å²) in [6, 6.07) is 14.0. The Kier molecular flexibility index (Phi) is 6.63. The average molecular weight is 395 g/mol. The summed E-state index contributed by atoms with van der Waals surface area (Å²) in [7, 11) is 0. The molecule has 0 radical (unpaired) electrons. The summed E-state index contributed by atoms with van der Waals surface area (Å²) in [4.78, 5) is 27.2. The van der Waals surface area contributed by atoms with Crippen LogP contribution in [0.2, 0.25) is 0 Å². The third-order valence-corrected chi connectivity index (χ3v) is 4.05. The zero-order valence-electron chi connectivity index (χ0n) is 16.0. The molecule has 1 heterocycles. The van der Waals surface area contributed by atoms with E-state index in [1.165, 1.54) is 6.08 Å². The summed E-state index contributed by atoms with van der Waals surface area (Å²) in [5, 5.41) is 8.79. The van der Waals surface area contributed by atoms with Gasteiger partial charge in [-0.1, -0.05) is 31.5 Å². The molecule has 0 bridgehead atoms. The van der Waals surface area contributed by atoms with E-state index in [4.69, 9.17) is 19.3 Å². The Morgan fingerprint density at radius 2 is 1.90 bits per heavy atom. The topological polar surface area (TPSA) is 94.4 Å². The van der Waals surface area contributed by atoms with Crippen molar-refractivity contribution in [2.45, 2.75) is 19.8 Å². The first-order valence-corrected chi connectivity index (χ1v) is 9.26. The van der Waals surface area contributed by atoms with Crippen molar-refractivity contribution in [1.29, 1.82) is 0 Å². The highest BCUT2D eigenvalue weighted by molar-refractivity contribution is 6.13. The molecule has 0 saturated carbocycles. The Balaban J connectivity index is 1.77. The summed E-state index contributed by atoms with van der Waals surface area (Å²) in [5.74, 6) is -0.392. The van der Waals surface area contributed by atoms with Crippen LogP contribution in [0.4, 0.5) is 0 Å². The number of nitrogens with zero attached hydrogens (tertiary/aromatic N) is 1. The summed E-state index contributed by atoms with van der Waals surface area (Å²) in [6.07, 6.45) is 3.55. The lowest BCUT2D eigenvalue weighted by molar-refractivity contribution is -0.139. The number of para-hydroxylation sites is 1. The summed E-state index contributed by atoms with van der Waals surface area (Å²) >= 11 is 0. The number of cyclic esters (lactones) is 1. The van der Waals surface area contributed by atoms with Crippen LogP contribution in [0.1, 0.15) is 30.9 Å². The van der Waals surface area contributed by atoms with Crippen molar-refractivity contribution in [2.24, 2.45) is 4.99 Å². The number of carboxylic acid groups (broad SMARTS) is 1. The fourth-order valence-electron chi connectivity index (χ4n) is 2.58. The second-order valence-electron chi connectivity index (χ2n) is 6.28. The Morgan fingerprint density at radius 1 is 1.14 bits per heavy atom. The van der Waals surface area contributed by atoms with E-state index in [1.807, 2.05) is 0 Å². The number of carboxylic acids is 1. The van der Waals surface area contributed by atoms with Crippen LogP contribution in [0.25, 0.3) is 6.08 Å². The molecule has 0 spiro atoms. The molecule has 0 amide bonds. The normalized spacial score (nSPS) is 14.4. The molecule has 0 aromatic heterocycles. The molecule has 1 N–H and O–H groups in total. The van der Waals surface area contributed by atoms with Gasteiger partial charge in [0.2, 0.25) is 5.90 Å². The van der Waals surface area contributed by atoms with Crippen molar-refractivity contribution in [3.63, 3.8) is 0 Å². The van der Waals surface area contributed by atoms with Crippen molar-refractivity contribution in [3.05, 3.63) is 65.4 Å². The van der Waals surface area contributed by atoms with Gasteiger partial charge < -0.3 is 19.3 Å². The van der Waals surface area contributed by atoms with Crippen molar-refractivity contribution >= 4 is 23.9 Å².